The van der Waals surface area contributed by atoms with Crippen molar-refractivity contribution < 1.29 is 13.2 Å². The molecule has 1 aromatic heterocycles. The first-order valence-corrected chi connectivity index (χ1v) is 6.41. The molecule has 1 aromatic carbocycles. The van der Waals surface area contributed by atoms with Crippen molar-refractivity contribution in [2.24, 2.45) is 7.05 Å². The van der Waals surface area contributed by atoms with Crippen molar-refractivity contribution in [3.63, 3.8) is 0 Å². The Balaban J connectivity index is 2.78. The molecule has 0 spiro atoms. The number of aromatic nitrogens is 3. The highest BCUT2D eigenvalue weighted by atomic mass is 79.9. The Bertz CT molecular complexity index is 687. The van der Waals surface area contributed by atoms with Crippen molar-refractivity contribution in [3.8, 4) is 5.69 Å². The van der Waals surface area contributed by atoms with Crippen LogP contribution in [0.15, 0.2) is 22.7 Å². The third-order valence-electron chi connectivity index (χ3n) is 2.58. The number of halogens is 4. The van der Waals surface area contributed by atoms with E-state index in [2.05, 4.69) is 21.0 Å². The van der Waals surface area contributed by atoms with Gasteiger partial charge in [0.25, 0.3) is 0 Å². The van der Waals surface area contributed by atoms with Gasteiger partial charge in [0.05, 0.1) is 5.69 Å². The van der Waals surface area contributed by atoms with E-state index in [-0.39, 0.29) is 4.77 Å². The first-order valence-electron chi connectivity index (χ1n) is 5.21. The molecule has 0 saturated heterocycles. The van der Waals surface area contributed by atoms with E-state index in [9.17, 15) is 13.2 Å². The van der Waals surface area contributed by atoms with Crippen molar-refractivity contribution in [1.82, 2.24) is 14.3 Å². The monoisotopic (exact) mass is 351 g/mol. The third kappa shape index (κ3) is 2.59. The minimum absolute atomic E-state index is 0.00209. The molecular formula is C11H9BrF3N3S. The molecular weight excluding hydrogens is 343 g/mol. The van der Waals surface area contributed by atoms with E-state index in [0.717, 1.165) is 13.7 Å². The lowest BCUT2D eigenvalue weighted by molar-refractivity contribution is -0.146. The van der Waals surface area contributed by atoms with Crippen molar-refractivity contribution in [2.75, 3.05) is 0 Å². The number of aryl methyl sites for hydroxylation is 2. The van der Waals surface area contributed by atoms with E-state index in [0.29, 0.717) is 11.3 Å². The van der Waals surface area contributed by atoms with E-state index in [1.165, 1.54) is 7.05 Å². The molecule has 0 amide bonds. The fraction of sp³-hybridized carbons (Fsp3) is 0.273. The summed E-state index contributed by atoms with van der Waals surface area (Å²) in [4.78, 5) is 0. The van der Waals surface area contributed by atoms with Gasteiger partial charge in [-0.3, -0.25) is 4.57 Å². The van der Waals surface area contributed by atoms with Gasteiger partial charge in [-0.1, -0.05) is 15.9 Å². The summed E-state index contributed by atoms with van der Waals surface area (Å²) in [6.45, 7) is 1.72. The Labute approximate surface area is 120 Å². The first-order chi connectivity index (χ1) is 8.71. The number of hydrogen-bond acceptors (Lipinski definition) is 2. The largest absolute Gasteiger partial charge is 0.452 e. The Morgan fingerprint density at radius 1 is 1.32 bits per heavy atom. The molecule has 19 heavy (non-hydrogen) atoms. The van der Waals surface area contributed by atoms with Gasteiger partial charge in [0.2, 0.25) is 10.6 Å². The van der Waals surface area contributed by atoms with Gasteiger partial charge in [-0.25, -0.2) is 4.68 Å². The molecule has 0 N–H and O–H groups in total. The van der Waals surface area contributed by atoms with Gasteiger partial charge in [-0.05, 0) is 42.9 Å². The maximum Gasteiger partial charge on any atom is 0.452 e. The summed E-state index contributed by atoms with van der Waals surface area (Å²) in [5.41, 5.74) is 1.04. The van der Waals surface area contributed by atoms with Crippen LogP contribution in [-0.4, -0.2) is 14.3 Å². The smallest absolute Gasteiger partial charge is 0.264 e. The molecule has 2 aromatic rings. The van der Waals surface area contributed by atoms with E-state index in [1.807, 2.05) is 0 Å². The Hall–Kier alpha value is -1.15. The number of benzene rings is 1. The predicted molar refractivity (Wildman–Crippen MR) is 70.8 cm³/mol. The van der Waals surface area contributed by atoms with Gasteiger partial charge in [0.15, 0.2) is 0 Å². The summed E-state index contributed by atoms with van der Waals surface area (Å²) >= 11 is 8.28. The lowest BCUT2D eigenvalue weighted by atomic mass is 10.2. The van der Waals surface area contributed by atoms with Gasteiger partial charge in [0, 0.05) is 11.5 Å². The number of rotatable bonds is 1. The maximum atomic E-state index is 13.0. The van der Waals surface area contributed by atoms with Crippen LogP contribution in [0.2, 0.25) is 0 Å². The average molecular weight is 352 g/mol. The molecule has 0 radical (unpaired) electrons. The molecule has 2 rings (SSSR count). The second-order valence-corrected chi connectivity index (χ2v) is 5.27. The zero-order valence-corrected chi connectivity index (χ0v) is 12.4. The Morgan fingerprint density at radius 2 is 1.95 bits per heavy atom. The molecule has 0 saturated carbocycles. The molecule has 0 bridgehead atoms. The topological polar surface area (TPSA) is 22.8 Å². The Morgan fingerprint density at radius 3 is 2.47 bits per heavy atom. The van der Waals surface area contributed by atoms with Crippen LogP contribution in [-0.2, 0) is 13.2 Å². The van der Waals surface area contributed by atoms with Crippen LogP contribution in [0, 0.1) is 11.7 Å². The van der Waals surface area contributed by atoms with Crippen molar-refractivity contribution in [1.29, 1.82) is 0 Å². The third-order valence-corrected chi connectivity index (χ3v) is 3.52. The summed E-state index contributed by atoms with van der Waals surface area (Å²) in [6, 6.07) is 4.97. The fourth-order valence-electron chi connectivity index (χ4n) is 1.74. The quantitative estimate of drug-likeness (QED) is 0.724. The van der Waals surface area contributed by atoms with E-state index in [4.69, 9.17) is 12.2 Å². The van der Waals surface area contributed by atoms with Gasteiger partial charge in [-0.2, -0.15) is 13.2 Å². The standard InChI is InChI=1S/C11H9BrF3N3S/c1-6-5-7(12)3-4-8(6)18-9(11(13,14)15)16-17(2)10(18)19/h3-5H,1-2H3. The summed E-state index contributed by atoms with van der Waals surface area (Å²) in [5.74, 6) is -1.02. The Kier molecular flexibility index (Phi) is 3.57. The highest BCUT2D eigenvalue weighted by molar-refractivity contribution is 9.10. The van der Waals surface area contributed by atoms with Crippen LogP contribution >= 0.6 is 28.1 Å². The summed E-state index contributed by atoms with van der Waals surface area (Å²) in [7, 11) is 1.39. The van der Waals surface area contributed by atoms with Crippen LogP contribution in [0.4, 0.5) is 13.2 Å². The SMILES string of the molecule is Cc1cc(Br)ccc1-n1c(C(F)(F)F)nn(C)c1=S. The molecule has 0 aliphatic heterocycles. The van der Waals surface area contributed by atoms with Crippen molar-refractivity contribution in [2.45, 2.75) is 13.1 Å². The van der Waals surface area contributed by atoms with Crippen molar-refractivity contribution in [3.05, 3.63) is 38.8 Å². The second-order valence-electron chi connectivity index (χ2n) is 3.99. The first kappa shape index (κ1) is 14.3. The molecule has 8 heteroatoms. The second kappa shape index (κ2) is 4.75. The van der Waals surface area contributed by atoms with Crippen LogP contribution < -0.4 is 0 Å². The van der Waals surface area contributed by atoms with Crippen LogP contribution in [0.3, 0.4) is 0 Å². The minimum atomic E-state index is -4.56. The number of alkyl halides is 3. The van der Waals surface area contributed by atoms with E-state index >= 15 is 0 Å². The zero-order chi connectivity index (χ0) is 14.4. The van der Waals surface area contributed by atoms with Crippen LogP contribution in [0.1, 0.15) is 11.4 Å². The molecule has 0 atom stereocenters. The highest BCUT2D eigenvalue weighted by Gasteiger charge is 2.38. The van der Waals surface area contributed by atoms with Gasteiger partial charge < -0.3 is 0 Å². The molecule has 0 aliphatic carbocycles. The van der Waals surface area contributed by atoms with Crippen molar-refractivity contribution >= 4 is 28.1 Å². The molecule has 0 aliphatic rings. The minimum Gasteiger partial charge on any atom is -0.264 e. The van der Waals surface area contributed by atoms with Gasteiger partial charge in [0.1, 0.15) is 0 Å². The van der Waals surface area contributed by atoms with Crippen LogP contribution in [0.25, 0.3) is 5.69 Å². The maximum absolute atomic E-state index is 13.0. The van der Waals surface area contributed by atoms with Gasteiger partial charge in [-0.15, -0.1) is 5.10 Å². The van der Waals surface area contributed by atoms with Gasteiger partial charge >= 0.3 is 6.18 Å². The van der Waals surface area contributed by atoms with E-state index in [1.54, 1.807) is 25.1 Å². The molecule has 0 fully saturated rings. The molecule has 3 nitrogen and oxygen atoms in total. The lowest BCUT2D eigenvalue weighted by Crippen LogP contribution is -2.14. The highest BCUT2D eigenvalue weighted by Crippen LogP contribution is 2.31. The summed E-state index contributed by atoms with van der Waals surface area (Å²) in [5, 5.41) is 3.46. The fourth-order valence-corrected chi connectivity index (χ4v) is 2.44. The molecule has 1 heterocycles. The lowest BCUT2D eigenvalue weighted by Gasteiger charge is -2.11. The zero-order valence-electron chi connectivity index (χ0n) is 9.99. The summed E-state index contributed by atoms with van der Waals surface area (Å²) in [6.07, 6.45) is -4.56. The van der Waals surface area contributed by atoms with E-state index < -0.39 is 12.0 Å². The number of nitrogens with zero attached hydrogens (tertiary/aromatic N) is 3. The summed E-state index contributed by atoms with van der Waals surface area (Å²) < 4.78 is 41.7. The molecule has 0 unspecified atom stereocenters. The van der Waals surface area contributed by atoms with Crippen LogP contribution in [0.5, 0.6) is 0 Å². The predicted octanol–water partition coefficient (Wildman–Crippen LogP) is 4.03. The average Bonchev–Trinajstić information content (AvgIpc) is 2.56. The molecule has 102 valence electrons. The normalized spacial score (nSPS) is 11.9. The number of hydrogen-bond donors (Lipinski definition) is 0.